The van der Waals surface area contributed by atoms with Crippen LogP contribution in [-0.4, -0.2) is 44.0 Å². The number of hydrogen-bond donors (Lipinski definition) is 1. The summed E-state index contributed by atoms with van der Waals surface area (Å²) in [6, 6.07) is 6.09. The molecule has 126 valence electrons. The van der Waals surface area contributed by atoms with E-state index in [1.807, 2.05) is 19.9 Å². The predicted molar refractivity (Wildman–Crippen MR) is 91.5 cm³/mol. The molecule has 2 aliphatic heterocycles. The van der Waals surface area contributed by atoms with Gasteiger partial charge in [0.2, 0.25) is 5.91 Å². The highest BCUT2D eigenvalue weighted by atomic mass is 35.5. The highest BCUT2D eigenvalue weighted by Gasteiger charge is 2.50. The molecule has 1 unspecified atom stereocenters. The predicted octanol–water partition coefficient (Wildman–Crippen LogP) is 1.86. The van der Waals surface area contributed by atoms with Crippen molar-refractivity contribution in [2.24, 2.45) is 5.92 Å². The van der Waals surface area contributed by atoms with Crippen LogP contribution in [0, 0.1) is 5.92 Å². The minimum Gasteiger partial charge on any atom is -0.305 e. The molecule has 4 atom stereocenters. The number of halogens is 1. The van der Waals surface area contributed by atoms with Crippen LogP contribution in [0.2, 0.25) is 5.02 Å². The van der Waals surface area contributed by atoms with Crippen molar-refractivity contribution in [2.45, 2.75) is 38.4 Å². The third-order valence-electron chi connectivity index (χ3n) is 4.85. The van der Waals surface area contributed by atoms with Crippen molar-refractivity contribution < 1.29 is 13.2 Å². The first-order chi connectivity index (χ1) is 10.8. The molecule has 2 aliphatic rings. The third-order valence-corrected chi connectivity index (χ3v) is 6.80. The molecule has 1 aromatic carbocycles. The molecule has 0 aliphatic carbocycles. The summed E-state index contributed by atoms with van der Waals surface area (Å²) in [7, 11) is -3.15. The van der Waals surface area contributed by atoms with Crippen LogP contribution in [0.25, 0.3) is 0 Å². The van der Waals surface area contributed by atoms with E-state index in [9.17, 15) is 13.2 Å². The van der Waals surface area contributed by atoms with Crippen LogP contribution in [0.4, 0.5) is 5.69 Å². The Labute approximate surface area is 141 Å². The first-order valence-corrected chi connectivity index (χ1v) is 10.1. The standard InChI is InChI=1S/C16H21ClN2O3S/c1-3-10(2)15-16(20)19(12-6-4-5-11(17)7-12)14-9-23(21,22)8-13(14)18-15/h4-7,10,13-15,18H,3,8-9H2,1-2H3/t10?,13-,14+,15+/m1/s1. The number of nitrogens with one attached hydrogen (secondary N) is 1. The zero-order chi connectivity index (χ0) is 16.8. The van der Waals surface area contributed by atoms with E-state index in [-0.39, 0.29) is 41.5 Å². The molecule has 23 heavy (non-hydrogen) atoms. The molecule has 0 spiro atoms. The first-order valence-electron chi connectivity index (χ1n) is 7.87. The maximum absolute atomic E-state index is 13.0. The van der Waals surface area contributed by atoms with Gasteiger partial charge in [-0.05, 0) is 24.1 Å². The Morgan fingerprint density at radius 1 is 1.39 bits per heavy atom. The summed E-state index contributed by atoms with van der Waals surface area (Å²) in [6.07, 6.45) is 0.844. The SMILES string of the molecule is CCC(C)[C@@H]1N[C@@H]2CS(=O)(=O)C[C@@H]2N(c2cccc(Cl)c2)C1=O. The molecule has 0 bridgehead atoms. The van der Waals surface area contributed by atoms with Crippen LogP contribution >= 0.6 is 11.6 Å². The highest BCUT2D eigenvalue weighted by Crippen LogP contribution is 2.32. The van der Waals surface area contributed by atoms with Gasteiger partial charge in [-0.1, -0.05) is 37.9 Å². The minimum absolute atomic E-state index is 0.00382. The first kappa shape index (κ1) is 16.7. The summed E-state index contributed by atoms with van der Waals surface area (Å²) < 4.78 is 24.2. The summed E-state index contributed by atoms with van der Waals surface area (Å²) in [5.74, 6) is 0.138. The maximum Gasteiger partial charge on any atom is 0.244 e. The molecular formula is C16H21ClN2O3S. The number of nitrogens with zero attached hydrogens (tertiary/aromatic N) is 1. The second-order valence-corrected chi connectivity index (χ2v) is 9.06. The zero-order valence-electron chi connectivity index (χ0n) is 13.2. The molecule has 7 heteroatoms. The molecule has 1 amide bonds. The van der Waals surface area contributed by atoms with Gasteiger partial charge < -0.3 is 4.90 Å². The number of carbonyl (C=O) groups excluding carboxylic acids is 1. The van der Waals surface area contributed by atoms with Gasteiger partial charge in [-0.3, -0.25) is 10.1 Å². The number of fused-ring (bicyclic) bond motifs is 1. The van der Waals surface area contributed by atoms with Gasteiger partial charge in [0.25, 0.3) is 0 Å². The van der Waals surface area contributed by atoms with Crippen molar-refractivity contribution in [2.75, 3.05) is 16.4 Å². The van der Waals surface area contributed by atoms with E-state index in [4.69, 9.17) is 11.6 Å². The number of carbonyl (C=O) groups is 1. The molecule has 2 saturated heterocycles. The summed E-state index contributed by atoms with van der Waals surface area (Å²) in [6.45, 7) is 4.04. The van der Waals surface area contributed by atoms with Gasteiger partial charge in [0.1, 0.15) is 0 Å². The Morgan fingerprint density at radius 3 is 2.78 bits per heavy atom. The van der Waals surface area contributed by atoms with Crippen molar-refractivity contribution in [3.8, 4) is 0 Å². The lowest BCUT2D eigenvalue weighted by Gasteiger charge is -2.43. The number of piperazine rings is 1. The van der Waals surface area contributed by atoms with Crippen LogP contribution in [-0.2, 0) is 14.6 Å². The maximum atomic E-state index is 13.0. The quantitative estimate of drug-likeness (QED) is 0.897. The molecule has 2 heterocycles. The van der Waals surface area contributed by atoms with E-state index < -0.39 is 9.84 Å². The third kappa shape index (κ3) is 3.12. The summed E-state index contributed by atoms with van der Waals surface area (Å²) >= 11 is 6.07. The molecule has 3 rings (SSSR count). The van der Waals surface area contributed by atoms with Gasteiger partial charge in [0.05, 0.1) is 23.6 Å². The van der Waals surface area contributed by atoms with E-state index >= 15 is 0 Å². The number of amides is 1. The van der Waals surface area contributed by atoms with Crippen LogP contribution in [0.3, 0.4) is 0 Å². The molecule has 0 aromatic heterocycles. The van der Waals surface area contributed by atoms with E-state index in [0.717, 1.165) is 6.42 Å². The monoisotopic (exact) mass is 356 g/mol. The van der Waals surface area contributed by atoms with Crippen molar-refractivity contribution in [1.29, 1.82) is 0 Å². The average molecular weight is 357 g/mol. The van der Waals surface area contributed by atoms with E-state index in [1.165, 1.54) is 0 Å². The van der Waals surface area contributed by atoms with Crippen LogP contribution in [0.15, 0.2) is 24.3 Å². The van der Waals surface area contributed by atoms with Crippen molar-refractivity contribution in [1.82, 2.24) is 5.32 Å². The van der Waals surface area contributed by atoms with Gasteiger partial charge in [-0.15, -0.1) is 0 Å². The van der Waals surface area contributed by atoms with Crippen LogP contribution < -0.4 is 10.2 Å². The fourth-order valence-corrected chi connectivity index (χ4v) is 5.53. The Bertz CT molecular complexity index is 722. The molecule has 0 radical (unpaired) electrons. The Morgan fingerprint density at radius 2 is 2.13 bits per heavy atom. The van der Waals surface area contributed by atoms with E-state index in [0.29, 0.717) is 10.7 Å². The number of hydrogen-bond acceptors (Lipinski definition) is 4. The fraction of sp³-hybridized carbons (Fsp3) is 0.562. The number of sulfone groups is 1. The topological polar surface area (TPSA) is 66.5 Å². The van der Waals surface area contributed by atoms with E-state index in [1.54, 1.807) is 23.1 Å². The average Bonchev–Trinajstić information content (AvgIpc) is 2.79. The fourth-order valence-electron chi connectivity index (χ4n) is 3.45. The second kappa shape index (κ2) is 6.07. The Kier molecular flexibility index (Phi) is 4.42. The van der Waals surface area contributed by atoms with Crippen molar-refractivity contribution in [3.05, 3.63) is 29.3 Å². The van der Waals surface area contributed by atoms with Gasteiger partial charge in [-0.2, -0.15) is 0 Å². The molecule has 5 nitrogen and oxygen atoms in total. The zero-order valence-corrected chi connectivity index (χ0v) is 14.8. The number of benzene rings is 1. The molecular weight excluding hydrogens is 336 g/mol. The van der Waals surface area contributed by atoms with Crippen LogP contribution in [0.5, 0.6) is 0 Å². The lowest BCUT2D eigenvalue weighted by molar-refractivity contribution is -0.124. The van der Waals surface area contributed by atoms with Gasteiger partial charge in [0, 0.05) is 16.8 Å². The number of anilines is 1. The Hall–Kier alpha value is -1.11. The van der Waals surface area contributed by atoms with Crippen molar-refractivity contribution >= 4 is 33.0 Å². The molecule has 1 N–H and O–H groups in total. The van der Waals surface area contributed by atoms with Gasteiger partial charge in [-0.25, -0.2) is 8.42 Å². The largest absolute Gasteiger partial charge is 0.305 e. The summed E-state index contributed by atoms with van der Waals surface area (Å²) in [5.41, 5.74) is 0.671. The normalized spacial score (nSPS) is 31.0. The second-order valence-electron chi connectivity index (χ2n) is 6.47. The molecule has 0 saturated carbocycles. The van der Waals surface area contributed by atoms with Gasteiger partial charge in [0.15, 0.2) is 9.84 Å². The lowest BCUT2D eigenvalue weighted by Crippen LogP contribution is -2.66. The van der Waals surface area contributed by atoms with Crippen LogP contribution in [0.1, 0.15) is 20.3 Å². The summed E-state index contributed by atoms with van der Waals surface area (Å²) in [4.78, 5) is 14.7. The van der Waals surface area contributed by atoms with Crippen molar-refractivity contribution in [3.63, 3.8) is 0 Å². The highest BCUT2D eigenvalue weighted by molar-refractivity contribution is 7.91. The minimum atomic E-state index is -3.15. The van der Waals surface area contributed by atoms with Gasteiger partial charge >= 0.3 is 0 Å². The smallest absolute Gasteiger partial charge is 0.244 e. The molecule has 2 fully saturated rings. The summed E-state index contributed by atoms with van der Waals surface area (Å²) in [5, 5.41) is 3.82. The van der Waals surface area contributed by atoms with E-state index in [2.05, 4.69) is 5.32 Å². The number of rotatable bonds is 3. The Balaban J connectivity index is 2.03. The molecule has 1 aromatic rings. The lowest BCUT2D eigenvalue weighted by atomic mass is 9.91.